The number of rotatable bonds is 3. The van der Waals surface area contributed by atoms with Gasteiger partial charge in [0.2, 0.25) is 0 Å². The Balaban J connectivity index is 2.58. The quantitative estimate of drug-likeness (QED) is 0.876. The molecule has 4 nitrogen and oxygen atoms in total. The highest BCUT2D eigenvalue weighted by molar-refractivity contribution is 7.92. The lowest BCUT2D eigenvalue weighted by Crippen LogP contribution is -2.27. The summed E-state index contributed by atoms with van der Waals surface area (Å²) in [5.74, 6) is -0.851. The molecule has 0 atom stereocenters. The summed E-state index contributed by atoms with van der Waals surface area (Å²) in [4.78, 5) is -0.339. The maximum absolute atomic E-state index is 13.6. The van der Waals surface area contributed by atoms with Crippen LogP contribution in [-0.2, 0) is 10.0 Å². The second-order valence-electron chi connectivity index (χ2n) is 4.54. The van der Waals surface area contributed by atoms with Gasteiger partial charge in [-0.05, 0) is 36.8 Å². The molecule has 0 bridgehead atoms. The molecular formula is C15H13FN2O2S. The molecule has 0 fully saturated rings. The Kier molecular flexibility index (Phi) is 3.96. The summed E-state index contributed by atoms with van der Waals surface area (Å²) in [6, 6.07) is 12.1. The average Bonchev–Trinajstić information content (AvgIpc) is 2.46. The molecule has 0 radical (unpaired) electrons. The summed E-state index contributed by atoms with van der Waals surface area (Å²) in [7, 11) is -2.63. The monoisotopic (exact) mass is 304 g/mol. The summed E-state index contributed by atoms with van der Waals surface area (Å²) in [6.45, 7) is 1.84. The maximum atomic E-state index is 13.6. The molecule has 0 amide bonds. The van der Waals surface area contributed by atoms with Gasteiger partial charge in [0.15, 0.2) is 0 Å². The third kappa shape index (κ3) is 2.73. The van der Waals surface area contributed by atoms with E-state index in [2.05, 4.69) is 0 Å². The van der Waals surface area contributed by atoms with E-state index in [1.165, 1.54) is 19.2 Å². The highest BCUT2D eigenvalue weighted by atomic mass is 32.2. The molecule has 0 N–H and O–H groups in total. The third-order valence-electron chi connectivity index (χ3n) is 3.09. The molecule has 2 aromatic rings. The van der Waals surface area contributed by atoms with Crippen LogP contribution in [0.4, 0.5) is 10.1 Å². The Bertz CT molecular complexity index is 826. The van der Waals surface area contributed by atoms with Crippen molar-refractivity contribution >= 4 is 15.7 Å². The highest BCUT2D eigenvalue weighted by Gasteiger charge is 2.26. The molecule has 2 aromatic carbocycles. The number of nitriles is 1. The first-order chi connectivity index (χ1) is 9.87. The van der Waals surface area contributed by atoms with Crippen LogP contribution in [0.5, 0.6) is 0 Å². The molecule has 0 aliphatic rings. The summed E-state index contributed by atoms with van der Waals surface area (Å²) in [6.07, 6.45) is 0. The number of benzene rings is 2. The lowest BCUT2D eigenvalue weighted by Gasteiger charge is -2.20. The molecular weight excluding hydrogens is 291 g/mol. The first-order valence-electron chi connectivity index (χ1n) is 6.12. The largest absolute Gasteiger partial charge is 0.269 e. The van der Waals surface area contributed by atoms with Crippen molar-refractivity contribution in [3.8, 4) is 6.07 Å². The first kappa shape index (κ1) is 15.0. The minimum absolute atomic E-state index is 0.339. The van der Waals surface area contributed by atoms with E-state index >= 15 is 0 Å². The SMILES string of the molecule is Cc1cccc(N(C)S(=O)(=O)c2cccc(F)c2C#N)c1. The summed E-state index contributed by atoms with van der Waals surface area (Å²) in [5.41, 5.74) is 0.870. The van der Waals surface area contributed by atoms with Crippen LogP contribution >= 0.6 is 0 Å². The van der Waals surface area contributed by atoms with E-state index < -0.39 is 21.4 Å². The topological polar surface area (TPSA) is 61.2 Å². The van der Waals surface area contributed by atoms with Gasteiger partial charge in [-0.1, -0.05) is 18.2 Å². The van der Waals surface area contributed by atoms with E-state index in [9.17, 15) is 12.8 Å². The fourth-order valence-electron chi connectivity index (χ4n) is 1.94. The van der Waals surface area contributed by atoms with Gasteiger partial charge in [0.1, 0.15) is 22.3 Å². The van der Waals surface area contributed by atoms with E-state index in [0.717, 1.165) is 15.9 Å². The van der Waals surface area contributed by atoms with Crippen molar-refractivity contribution in [2.45, 2.75) is 11.8 Å². The molecule has 21 heavy (non-hydrogen) atoms. The van der Waals surface area contributed by atoms with Crippen LogP contribution in [0.3, 0.4) is 0 Å². The lowest BCUT2D eigenvalue weighted by molar-refractivity contribution is 0.588. The van der Waals surface area contributed by atoms with Crippen LogP contribution in [0.15, 0.2) is 47.4 Å². The predicted octanol–water partition coefficient (Wildman–Crippen LogP) is 2.83. The fraction of sp³-hybridized carbons (Fsp3) is 0.133. The van der Waals surface area contributed by atoms with Crippen molar-refractivity contribution in [1.82, 2.24) is 0 Å². The van der Waals surface area contributed by atoms with Crippen LogP contribution in [-0.4, -0.2) is 15.5 Å². The average molecular weight is 304 g/mol. The standard InChI is InChI=1S/C15H13FN2O2S/c1-11-5-3-6-12(9-11)18(2)21(19,20)15-8-4-7-14(16)13(15)10-17/h3-9H,1-2H3. The van der Waals surface area contributed by atoms with Gasteiger partial charge in [-0.2, -0.15) is 5.26 Å². The van der Waals surface area contributed by atoms with Crippen LogP contribution in [0.2, 0.25) is 0 Å². The van der Waals surface area contributed by atoms with Crippen molar-refractivity contribution in [2.24, 2.45) is 0 Å². The molecule has 2 rings (SSSR count). The number of sulfonamides is 1. The fourth-order valence-corrected chi connectivity index (χ4v) is 3.28. The van der Waals surface area contributed by atoms with E-state index in [1.54, 1.807) is 24.3 Å². The Hall–Kier alpha value is -2.39. The zero-order chi connectivity index (χ0) is 15.6. The summed E-state index contributed by atoms with van der Waals surface area (Å²) in [5, 5.41) is 8.99. The number of aryl methyl sites for hydroxylation is 1. The first-order valence-corrected chi connectivity index (χ1v) is 7.56. The molecule has 0 unspecified atom stereocenters. The number of halogens is 1. The normalized spacial score (nSPS) is 11.0. The Morgan fingerprint density at radius 2 is 1.86 bits per heavy atom. The predicted molar refractivity (Wildman–Crippen MR) is 77.9 cm³/mol. The molecule has 108 valence electrons. The van der Waals surface area contributed by atoms with Crippen molar-refractivity contribution in [1.29, 1.82) is 5.26 Å². The van der Waals surface area contributed by atoms with Crippen LogP contribution in [0, 0.1) is 24.1 Å². The molecule has 0 saturated heterocycles. The van der Waals surface area contributed by atoms with E-state index in [-0.39, 0.29) is 4.90 Å². The molecule has 0 heterocycles. The van der Waals surface area contributed by atoms with Gasteiger partial charge >= 0.3 is 0 Å². The van der Waals surface area contributed by atoms with Crippen LogP contribution in [0.25, 0.3) is 0 Å². The highest BCUT2D eigenvalue weighted by Crippen LogP contribution is 2.25. The lowest BCUT2D eigenvalue weighted by atomic mass is 10.2. The second-order valence-corrected chi connectivity index (χ2v) is 6.47. The Morgan fingerprint density at radius 1 is 1.19 bits per heavy atom. The molecule has 0 spiro atoms. The number of hydrogen-bond donors (Lipinski definition) is 0. The maximum Gasteiger partial charge on any atom is 0.265 e. The minimum Gasteiger partial charge on any atom is -0.269 e. The van der Waals surface area contributed by atoms with Crippen molar-refractivity contribution in [3.63, 3.8) is 0 Å². The zero-order valence-corrected chi connectivity index (χ0v) is 12.4. The van der Waals surface area contributed by atoms with Crippen LogP contribution < -0.4 is 4.31 Å². The summed E-state index contributed by atoms with van der Waals surface area (Å²) < 4.78 is 39.8. The Morgan fingerprint density at radius 3 is 2.48 bits per heavy atom. The number of nitrogens with zero attached hydrogens (tertiary/aromatic N) is 2. The zero-order valence-electron chi connectivity index (χ0n) is 11.5. The third-order valence-corrected chi connectivity index (χ3v) is 4.92. The molecule has 0 aliphatic carbocycles. The van der Waals surface area contributed by atoms with Crippen molar-refractivity contribution < 1.29 is 12.8 Å². The van der Waals surface area contributed by atoms with Gasteiger partial charge in [-0.25, -0.2) is 12.8 Å². The molecule has 6 heteroatoms. The van der Waals surface area contributed by atoms with E-state index in [4.69, 9.17) is 5.26 Å². The Labute approximate surface area is 123 Å². The van der Waals surface area contributed by atoms with Gasteiger partial charge < -0.3 is 0 Å². The second kappa shape index (κ2) is 5.54. The number of anilines is 1. The number of hydrogen-bond acceptors (Lipinski definition) is 3. The van der Waals surface area contributed by atoms with Gasteiger partial charge in [0.25, 0.3) is 10.0 Å². The van der Waals surface area contributed by atoms with Crippen molar-refractivity contribution in [3.05, 3.63) is 59.4 Å². The van der Waals surface area contributed by atoms with Gasteiger partial charge in [0, 0.05) is 7.05 Å². The van der Waals surface area contributed by atoms with E-state index in [1.807, 2.05) is 13.0 Å². The molecule has 0 saturated carbocycles. The van der Waals surface area contributed by atoms with Crippen LogP contribution in [0.1, 0.15) is 11.1 Å². The van der Waals surface area contributed by atoms with Gasteiger partial charge in [0.05, 0.1) is 5.69 Å². The smallest absolute Gasteiger partial charge is 0.265 e. The van der Waals surface area contributed by atoms with Gasteiger partial charge in [-0.3, -0.25) is 4.31 Å². The molecule has 0 aromatic heterocycles. The minimum atomic E-state index is -4.00. The van der Waals surface area contributed by atoms with E-state index in [0.29, 0.717) is 5.69 Å². The van der Waals surface area contributed by atoms with Crippen molar-refractivity contribution in [2.75, 3.05) is 11.4 Å². The summed E-state index contributed by atoms with van der Waals surface area (Å²) >= 11 is 0. The molecule has 0 aliphatic heterocycles. The van der Waals surface area contributed by atoms with Gasteiger partial charge in [-0.15, -0.1) is 0 Å².